The van der Waals surface area contributed by atoms with Gasteiger partial charge >= 0.3 is 0 Å². The fraction of sp³-hybridized carbons (Fsp3) is 0.476. The minimum absolute atomic E-state index is 0.134. The summed E-state index contributed by atoms with van der Waals surface area (Å²) in [4.78, 5) is 24.1. The first-order valence-electron chi connectivity index (χ1n) is 9.41. The lowest BCUT2D eigenvalue weighted by Crippen LogP contribution is -2.42. The highest BCUT2D eigenvalue weighted by Gasteiger charge is 2.46. The fourth-order valence-corrected chi connectivity index (χ4v) is 4.08. The van der Waals surface area contributed by atoms with E-state index in [2.05, 4.69) is 0 Å². The average molecular weight is 367 g/mol. The van der Waals surface area contributed by atoms with Crippen LogP contribution in [0, 0.1) is 6.92 Å². The molecule has 142 valence electrons. The second kappa shape index (κ2) is 7.37. The summed E-state index contributed by atoms with van der Waals surface area (Å²) >= 11 is 0. The van der Waals surface area contributed by atoms with Crippen molar-refractivity contribution in [3.8, 4) is 11.4 Å². The third-order valence-corrected chi connectivity index (χ3v) is 5.60. The summed E-state index contributed by atoms with van der Waals surface area (Å²) in [5, 5.41) is 0. The van der Waals surface area contributed by atoms with Crippen LogP contribution in [-0.4, -0.2) is 54.2 Å². The summed E-state index contributed by atoms with van der Waals surface area (Å²) in [7, 11) is 1.62. The first-order valence-corrected chi connectivity index (χ1v) is 9.41. The molecular formula is C21H25N3O3. The number of benzene rings is 1. The van der Waals surface area contributed by atoms with Crippen molar-refractivity contribution in [2.45, 2.75) is 31.8 Å². The van der Waals surface area contributed by atoms with E-state index in [-0.39, 0.29) is 11.3 Å². The van der Waals surface area contributed by atoms with E-state index in [9.17, 15) is 4.79 Å². The molecule has 1 saturated heterocycles. The molecule has 0 N–H and O–H groups in total. The molecule has 0 aliphatic carbocycles. The van der Waals surface area contributed by atoms with Crippen LogP contribution in [0.15, 0.2) is 30.3 Å². The molecular weight excluding hydrogens is 342 g/mol. The summed E-state index contributed by atoms with van der Waals surface area (Å²) in [6.07, 6.45) is 1.28. The normalized spacial score (nSPS) is 21.5. The number of hydrogen-bond donors (Lipinski definition) is 0. The Morgan fingerprint density at radius 2 is 2.11 bits per heavy atom. The predicted molar refractivity (Wildman–Crippen MR) is 101 cm³/mol. The zero-order chi connectivity index (χ0) is 18.9. The maximum Gasteiger partial charge on any atom is 0.224 e. The number of fused-ring (bicyclic) bond motifs is 2. The quantitative estimate of drug-likeness (QED) is 0.831. The monoisotopic (exact) mass is 367 g/mol. The van der Waals surface area contributed by atoms with Crippen LogP contribution < -0.4 is 0 Å². The van der Waals surface area contributed by atoms with Crippen molar-refractivity contribution in [1.82, 2.24) is 14.9 Å². The van der Waals surface area contributed by atoms with Gasteiger partial charge in [-0.05, 0) is 13.3 Å². The van der Waals surface area contributed by atoms with Gasteiger partial charge in [0.2, 0.25) is 5.91 Å². The van der Waals surface area contributed by atoms with Crippen LogP contribution in [0.2, 0.25) is 0 Å². The Morgan fingerprint density at radius 1 is 1.30 bits per heavy atom. The number of amides is 1. The Kier molecular flexibility index (Phi) is 4.93. The van der Waals surface area contributed by atoms with Crippen molar-refractivity contribution in [3.63, 3.8) is 0 Å². The maximum absolute atomic E-state index is 12.5. The Labute approximate surface area is 159 Å². The van der Waals surface area contributed by atoms with Crippen molar-refractivity contribution >= 4 is 5.91 Å². The van der Waals surface area contributed by atoms with Crippen LogP contribution in [0.1, 0.15) is 29.8 Å². The van der Waals surface area contributed by atoms with Crippen LogP contribution in [-0.2, 0) is 26.3 Å². The molecule has 2 aromatic rings. The fourth-order valence-electron chi connectivity index (χ4n) is 4.08. The highest BCUT2D eigenvalue weighted by Crippen LogP contribution is 2.40. The van der Waals surface area contributed by atoms with Gasteiger partial charge in [-0.3, -0.25) is 4.79 Å². The van der Waals surface area contributed by atoms with Crippen molar-refractivity contribution in [1.29, 1.82) is 0 Å². The van der Waals surface area contributed by atoms with E-state index in [0.29, 0.717) is 32.8 Å². The van der Waals surface area contributed by atoms with Gasteiger partial charge < -0.3 is 14.4 Å². The molecule has 6 heteroatoms. The van der Waals surface area contributed by atoms with Gasteiger partial charge in [-0.2, -0.15) is 0 Å². The highest BCUT2D eigenvalue weighted by atomic mass is 16.5. The number of nitrogens with zero attached hydrogens (tertiary/aromatic N) is 3. The first-order chi connectivity index (χ1) is 13.1. The molecule has 4 rings (SSSR count). The molecule has 1 atom stereocenters. The number of rotatable bonds is 4. The van der Waals surface area contributed by atoms with Gasteiger partial charge in [-0.1, -0.05) is 30.3 Å². The highest BCUT2D eigenvalue weighted by molar-refractivity contribution is 5.77. The Bertz CT molecular complexity index is 840. The molecule has 1 aromatic heterocycles. The van der Waals surface area contributed by atoms with Gasteiger partial charge in [0.1, 0.15) is 0 Å². The van der Waals surface area contributed by atoms with Crippen molar-refractivity contribution in [2.24, 2.45) is 0 Å². The number of aromatic nitrogens is 2. The Hall–Kier alpha value is -2.31. The molecule has 1 amide bonds. The lowest BCUT2D eigenvalue weighted by Gasteiger charge is -2.35. The predicted octanol–water partition coefficient (Wildman–Crippen LogP) is 2.49. The smallest absolute Gasteiger partial charge is 0.224 e. The first kappa shape index (κ1) is 18.1. The third kappa shape index (κ3) is 3.35. The molecule has 0 radical (unpaired) electrons. The zero-order valence-electron chi connectivity index (χ0n) is 15.9. The topological polar surface area (TPSA) is 64.5 Å². The lowest BCUT2D eigenvalue weighted by atomic mass is 9.80. The van der Waals surface area contributed by atoms with Crippen LogP contribution in [0.5, 0.6) is 0 Å². The van der Waals surface area contributed by atoms with E-state index < -0.39 is 0 Å². The average Bonchev–Trinajstić information content (AvgIpc) is 3.12. The zero-order valence-corrected chi connectivity index (χ0v) is 15.9. The number of carbonyl (C=O) groups excluding carboxylic acids is 1. The van der Waals surface area contributed by atoms with Gasteiger partial charge in [0.05, 0.1) is 37.4 Å². The standard InChI is InChI=1S/C21H25N3O3/c1-15-17-12-27-14-21(9-10-24(13-21)18(25)8-11-26-2)19(17)23-20(22-15)16-6-4-3-5-7-16/h3-7H,8-14H2,1-2H3/t21-/m0/s1. The van der Waals surface area contributed by atoms with Crippen LogP contribution >= 0.6 is 0 Å². The SMILES string of the molecule is COCCC(=O)N1CC[C@@]2(COCc3c(C)nc(-c4ccccc4)nc32)C1. The molecule has 2 aliphatic rings. The lowest BCUT2D eigenvalue weighted by molar-refractivity contribution is -0.131. The number of likely N-dealkylation sites (tertiary alicyclic amines) is 1. The van der Waals surface area contributed by atoms with Crippen molar-refractivity contribution in [2.75, 3.05) is 33.4 Å². The Morgan fingerprint density at radius 3 is 2.89 bits per heavy atom. The number of ether oxygens (including phenoxy) is 2. The summed E-state index contributed by atoms with van der Waals surface area (Å²) in [6, 6.07) is 10.0. The van der Waals surface area contributed by atoms with Gasteiger partial charge in [-0.25, -0.2) is 9.97 Å². The molecule has 3 heterocycles. The van der Waals surface area contributed by atoms with E-state index in [4.69, 9.17) is 19.4 Å². The molecule has 0 bridgehead atoms. The number of methoxy groups -OCH3 is 1. The summed E-state index contributed by atoms with van der Waals surface area (Å²) in [5.74, 6) is 0.882. The minimum Gasteiger partial charge on any atom is -0.384 e. The van der Waals surface area contributed by atoms with E-state index in [1.165, 1.54) is 0 Å². The number of hydrogen-bond acceptors (Lipinski definition) is 5. The van der Waals surface area contributed by atoms with Crippen LogP contribution in [0.4, 0.5) is 0 Å². The van der Waals surface area contributed by atoms with Crippen LogP contribution in [0.25, 0.3) is 11.4 Å². The van der Waals surface area contributed by atoms with Gasteiger partial charge in [-0.15, -0.1) is 0 Å². The van der Waals surface area contributed by atoms with Crippen LogP contribution in [0.3, 0.4) is 0 Å². The van der Waals surface area contributed by atoms with E-state index in [1.54, 1.807) is 7.11 Å². The molecule has 0 unspecified atom stereocenters. The molecule has 1 aromatic carbocycles. The van der Waals surface area contributed by atoms with Crippen molar-refractivity contribution in [3.05, 3.63) is 47.3 Å². The molecule has 1 spiro atoms. The van der Waals surface area contributed by atoms with Gasteiger partial charge in [0, 0.05) is 37.0 Å². The molecule has 0 saturated carbocycles. The maximum atomic E-state index is 12.5. The second-order valence-corrected chi connectivity index (χ2v) is 7.41. The van der Waals surface area contributed by atoms with E-state index in [0.717, 1.165) is 41.3 Å². The van der Waals surface area contributed by atoms with Crippen molar-refractivity contribution < 1.29 is 14.3 Å². The minimum atomic E-state index is -0.243. The van der Waals surface area contributed by atoms with E-state index >= 15 is 0 Å². The van der Waals surface area contributed by atoms with Gasteiger partial charge in [0.15, 0.2) is 5.82 Å². The molecule has 2 aliphatic heterocycles. The molecule has 6 nitrogen and oxygen atoms in total. The van der Waals surface area contributed by atoms with E-state index in [1.807, 2.05) is 42.2 Å². The third-order valence-electron chi connectivity index (χ3n) is 5.60. The summed E-state index contributed by atoms with van der Waals surface area (Å²) in [6.45, 7) is 4.98. The second-order valence-electron chi connectivity index (χ2n) is 7.41. The largest absolute Gasteiger partial charge is 0.384 e. The van der Waals surface area contributed by atoms with Gasteiger partial charge in [0.25, 0.3) is 0 Å². The summed E-state index contributed by atoms with van der Waals surface area (Å²) < 4.78 is 11.0. The Balaban J connectivity index is 1.69. The molecule has 1 fully saturated rings. The summed E-state index contributed by atoms with van der Waals surface area (Å²) in [5.41, 5.74) is 3.86. The number of carbonyl (C=O) groups is 1. The molecule has 27 heavy (non-hydrogen) atoms. The number of aryl methyl sites for hydroxylation is 1.